The molecule has 3 atom stereocenters. The van der Waals surface area contributed by atoms with Crippen LogP contribution in [0.15, 0.2) is 106 Å². The first-order valence-electron chi connectivity index (χ1n) is 32.7. The van der Waals surface area contributed by atoms with Gasteiger partial charge in [-0.3, -0.25) is 29.7 Å². The molecule has 0 spiro atoms. The predicted molar refractivity (Wildman–Crippen MR) is 341 cm³/mol. The highest BCUT2D eigenvalue weighted by molar-refractivity contribution is 6.04. The molecule has 3 fully saturated rings. The molecule has 0 bridgehead atoms. The lowest BCUT2D eigenvalue weighted by atomic mass is 9.57. The van der Waals surface area contributed by atoms with Gasteiger partial charge >= 0.3 is 0 Å². The number of alkyl halides is 6. The summed E-state index contributed by atoms with van der Waals surface area (Å²) >= 11 is 0. The third kappa shape index (κ3) is 10.6. The van der Waals surface area contributed by atoms with E-state index in [0.717, 1.165) is 103 Å². The van der Waals surface area contributed by atoms with Crippen LogP contribution in [-0.2, 0) is 49.9 Å². The number of ketones is 3. The highest BCUT2D eigenvalue weighted by Crippen LogP contribution is 2.62. The van der Waals surface area contributed by atoms with Crippen molar-refractivity contribution >= 4 is 17.3 Å². The number of aromatic amines is 3. The van der Waals surface area contributed by atoms with E-state index in [1.807, 2.05) is 93.6 Å². The van der Waals surface area contributed by atoms with Crippen LogP contribution >= 0.6 is 0 Å². The summed E-state index contributed by atoms with van der Waals surface area (Å²) < 4.78 is 99.5. The maximum atomic E-state index is 13.7. The Labute approximate surface area is 539 Å². The van der Waals surface area contributed by atoms with Gasteiger partial charge in [0.2, 0.25) is 17.8 Å². The Bertz CT molecular complexity index is 3740. The minimum Gasteiger partial charge on any atom is -0.496 e. The first-order chi connectivity index (χ1) is 43.7. The Morgan fingerprint density at radius 1 is 0.376 bits per heavy atom. The van der Waals surface area contributed by atoms with Gasteiger partial charge in [0.05, 0.1) is 54.7 Å². The van der Waals surface area contributed by atoms with E-state index < -0.39 is 34.0 Å². The lowest BCUT2D eigenvalue weighted by Gasteiger charge is -2.45. The number of ether oxygens (including phenoxy) is 3. The number of nitrogens with one attached hydrogen (secondary N) is 3. The molecule has 3 N–H and O–H groups in total. The first kappa shape index (κ1) is 64.2. The topological polar surface area (TPSA) is 165 Å². The fraction of sp³-hybridized carbons (Fsp3) is 0.520. The lowest BCUT2D eigenvalue weighted by Crippen LogP contribution is -2.42. The van der Waals surface area contributed by atoms with E-state index in [-0.39, 0.29) is 89.9 Å². The van der Waals surface area contributed by atoms with E-state index in [2.05, 4.69) is 72.1 Å². The van der Waals surface area contributed by atoms with Crippen molar-refractivity contribution in [2.45, 2.75) is 210 Å². The monoisotopic (exact) mass is 1280 g/mol. The summed E-state index contributed by atoms with van der Waals surface area (Å²) in [6.07, 6.45) is 4.56. The van der Waals surface area contributed by atoms with Gasteiger partial charge in [-0.1, -0.05) is 113 Å². The number of hydrogen-bond donors (Lipinski definition) is 3. The zero-order chi connectivity index (χ0) is 66.5. The van der Waals surface area contributed by atoms with Crippen LogP contribution in [-0.4, -0.2) is 87.0 Å². The number of benzene rings is 3. The summed E-state index contributed by atoms with van der Waals surface area (Å²) in [6.45, 7) is 18.9. The molecule has 3 aromatic heterocycles. The minimum atomic E-state index is -2.64. The summed E-state index contributed by atoms with van der Waals surface area (Å²) in [5.74, 6) is -6.35. The van der Waals surface area contributed by atoms with Crippen LogP contribution in [0.25, 0.3) is 0 Å². The molecule has 492 valence electrons. The normalized spacial score (nSPS) is 26.8. The van der Waals surface area contributed by atoms with Crippen molar-refractivity contribution in [2.75, 3.05) is 21.3 Å². The molecule has 0 aliphatic heterocycles. The van der Waals surface area contributed by atoms with Gasteiger partial charge in [0.1, 0.15) is 17.2 Å². The van der Waals surface area contributed by atoms with Gasteiger partial charge < -0.3 is 14.2 Å². The molecule has 15 rings (SSSR count). The number of carbonyl (C=O) groups excluding carboxylic acids is 3. The van der Waals surface area contributed by atoms with Crippen molar-refractivity contribution in [2.24, 2.45) is 16.2 Å². The van der Waals surface area contributed by atoms with Crippen LogP contribution in [0.4, 0.5) is 26.3 Å². The number of fused-ring (bicyclic) bond motifs is 3. The number of Topliss-reactive ketones (excluding diaryl/α,β-unsaturated/α-hetero) is 3. The number of halogens is 6. The zero-order valence-electron chi connectivity index (χ0n) is 55.3. The third-order valence-electron chi connectivity index (χ3n) is 22.0. The smallest absolute Gasteiger partial charge is 0.249 e. The maximum Gasteiger partial charge on any atom is 0.249 e. The molecule has 0 radical (unpaired) electrons. The standard InChI is InChI=1S/3C25H28F2N2O2/c3*1-23(2)10-14-9-17-21(22(29-28-17)15-11-25(26,27)12-15)24(3,20(14)18(30)13-23)16-7-5-6-8-19(16)31-4/h3*5-8,15H,9-13H2,1-4H3,(H,28,29)/t2*24-;/m10./s1. The Morgan fingerprint density at radius 3 is 0.839 bits per heavy atom. The van der Waals surface area contributed by atoms with Crippen molar-refractivity contribution in [3.63, 3.8) is 0 Å². The van der Waals surface area contributed by atoms with Crippen LogP contribution in [0.3, 0.4) is 0 Å². The molecule has 3 heterocycles. The second kappa shape index (κ2) is 22.0. The second-order valence-electron chi connectivity index (χ2n) is 31.0. The molecule has 0 amide bonds. The van der Waals surface area contributed by atoms with Gasteiger partial charge in [-0.25, -0.2) is 26.3 Å². The quantitative estimate of drug-likeness (QED) is 0.120. The number of methoxy groups -OCH3 is 3. The third-order valence-corrected chi connectivity index (χ3v) is 22.0. The summed E-state index contributed by atoms with van der Waals surface area (Å²) in [4.78, 5) is 40.7. The fourth-order valence-electron chi connectivity index (χ4n) is 18.4. The number of allylic oxidation sites excluding steroid dienone is 6. The number of H-pyrrole nitrogens is 3. The molecule has 9 aliphatic rings. The van der Waals surface area contributed by atoms with Gasteiger partial charge in [-0.2, -0.15) is 15.3 Å². The zero-order valence-corrected chi connectivity index (χ0v) is 55.3. The molecule has 9 aliphatic carbocycles. The van der Waals surface area contributed by atoms with Gasteiger partial charge in [-0.15, -0.1) is 0 Å². The molecule has 18 heteroatoms. The van der Waals surface area contributed by atoms with Crippen molar-refractivity contribution in [3.05, 3.63) is 174 Å². The lowest BCUT2D eigenvalue weighted by molar-refractivity contribution is -0.119. The van der Waals surface area contributed by atoms with Crippen molar-refractivity contribution in [1.29, 1.82) is 0 Å². The number of nitrogens with zero attached hydrogens (tertiary/aromatic N) is 3. The Balaban J connectivity index is 0.000000127. The van der Waals surface area contributed by atoms with Gasteiger partial charge in [0, 0.05) is 162 Å². The average molecular weight is 1280 g/mol. The molecular weight excluding hydrogens is 1190 g/mol. The largest absolute Gasteiger partial charge is 0.496 e. The number of carbonyl (C=O) groups is 3. The van der Waals surface area contributed by atoms with Gasteiger partial charge in [0.25, 0.3) is 0 Å². The van der Waals surface area contributed by atoms with E-state index in [1.165, 1.54) is 0 Å². The molecule has 3 saturated carbocycles. The fourth-order valence-corrected chi connectivity index (χ4v) is 18.4. The molecule has 3 aromatic carbocycles. The molecule has 93 heavy (non-hydrogen) atoms. The molecular formula is C75H84F6N6O6. The van der Waals surface area contributed by atoms with E-state index in [1.54, 1.807) is 21.3 Å². The van der Waals surface area contributed by atoms with Gasteiger partial charge in [0.15, 0.2) is 17.3 Å². The van der Waals surface area contributed by atoms with Crippen LogP contribution < -0.4 is 14.2 Å². The Kier molecular flexibility index (Phi) is 15.2. The van der Waals surface area contributed by atoms with Crippen molar-refractivity contribution in [3.8, 4) is 17.2 Å². The Morgan fingerprint density at radius 2 is 0.613 bits per heavy atom. The van der Waals surface area contributed by atoms with E-state index in [4.69, 9.17) is 14.2 Å². The average Bonchev–Trinajstić information content (AvgIpc) is 1.71. The predicted octanol–water partition coefficient (Wildman–Crippen LogP) is 16.4. The first-order valence-corrected chi connectivity index (χ1v) is 32.7. The highest BCUT2D eigenvalue weighted by atomic mass is 19.3. The minimum absolute atomic E-state index is 0.103. The molecule has 6 aromatic rings. The van der Waals surface area contributed by atoms with Gasteiger partial charge in [-0.05, 0) is 74.5 Å². The highest BCUT2D eigenvalue weighted by Gasteiger charge is 2.58. The SMILES string of the molecule is COc1ccccc1C1(C)C2=C(Cc3[nH]nc(C4CC(F)(F)C4)c31)CC(C)(C)CC2=O.COc1ccccc1[C@@]1(C)C2=C(Cc3[nH]nc(C4CC(F)(F)C4)c31)CC(C)(C)CC2=O.COc1ccccc1[C@]1(C)C2=C(Cc3[nH]nc(C4CC(F)(F)C4)c31)CC(C)(C)CC2=O. The van der Waals surface area contributed by atoms with E-state index in [9.17, 15) is 40.7 Å². The van der Waals surface area contributed by atoms with Crippen molar-refractivity contribution < 1.29 is 54.9 Å². The van der Waals surface area contributed by atoms with Crippen LogP contribution in [0.2, 0.25) is 0 Å². The summed E-state index contributed by atoms with van der Waals surface area (Å²) in [5.41, 5.74) is 13.2. The summed E-state index contributed by atoms with van der Waals surface area (Å²) in [6, 6.07) is 23.1. The summed E-state index contributed by atoms with van der Waals surface area (Å²) in [7, 11) is 4.86. The van der Waals surface area contributed by atoms with Crippen LogP contribution in [0.1, 0.15) is 225 Å². The van der Waals surface area contributed by atoms with Crippen LogP contribution in [0, 0.1) is 16.2 Å². The number of rotatable bonds is 9. The number of hydrogen-bond acceptors (Lipinski definition) is 9. The van der Waals surface area contributed by atoms with E-state index in [0.29, 0.717) is 72.9 Å². The maximum absolute atomic E-state index is 13.7. The second-order valence-corrected chi connectivity index (χ2v) is 31.0. The number of para-hydroxylation sites is 3. The van der Waals surface area contributed by atoms with Crippen molar-refractivity contribution in [1.82, 2.24) is 30.6 Å². The molecule has 0 saturated heterocycles. The number of aromatic nitrogens is 6. The summed E-state index contributed by atoms with van der Waals surface area (Å²) in [5, 5.41) is 23.1. The molecule has 12 nitrogen and oxygen atoms in total. The van der Waals surface area contributed by atoms with Crippen LogP contribution in [0.5, 0.6) is 17.2 Å². The Hall–Kier alpha value is -7.50. The van der Waals surface area contributed by atoms with E-state index >= 15 is 0 Å². The molecule has 1 unspecified atom stereocenters.